The Morgan fingerprint density at radius 1 is 1.00 bits per heavy atom. The number of hydrogen-bond acceptors (Lipinski definition) is 5. The molecule has 0 atom stereocenters. The fraction of sp³-hybridized carbons (Fsp3) is 0.280. The number of para-hydroxylation sites is 1. The minimum absolute atomic E-state index is 0.227. The fourth-order valence-electron chi connectivity index (χ4n) is 3.68. The summed E-state index contributed by atoms with van der Waals surface area (Å²) in [7, 11) is 4.38. The standard InChI is InChI=1S/C25H27NO5/c1-15(2)17-10-12-19(13-11-17)26-16(3)22(25(28)31-6)20(24(26)27)14-18-8-7-9-21(29-4)23(18)30-5/h7-15H,1-6H3/b20-14-. The van der Waals surface area contributed by atoms with Crippen LogP contribution in [-0.2, 0) is 14.3 Å². The lowest BCUT2D eigenvalue weighted by Gasteiger charge is -2.19. The van der Waals surface area contributed by atoms with Gasteiger partial charge in [-0.15, -0.1) is 0 Å². The molecular formula is C25H27NO5. The van der Waals surface area contributed by atoms with Crippen molar-refractivity contribution >= 4 is 23.6 Å². The Morgan fingerprint density at radius 2 is 1.68 bits per heavy atom. The molecule has 3 rings (SSSR count). The van der Waals surface area contributed by atoms with E-state index in [2.05, 4.69) is 13.8 Å². The van der Waals surface area contributed by atoms with E-state index in [4.69, 9.17) is 14.2 Å². The zero-order chi connectivity index (χ0) is 22.7. The van der Waals surface area contributed by atoms with Crippen LogP contribution in [0.5, 0.6) is 11.5 Å². The van der Waals surface area contributed by atoms with Crippen molar-refractivity contribution in [2.75, 3.05) is 26.2 Å². The highest BCUT2D eigenvalue weighted by atomic mass is 16.5. The molecule has 6 nitrogen and oxygen atoms in total. The van der Waals surface area contributed by atoms with Gasteiger partial charge in [0.05, 0.1) is 32.5 Å². The summed E-state index contributed by atoms with van der Waals surface area (Å²) in [4.78, 5) is 27.6. The number of allylic oxidation sites excluding steroid dienone is 1. The highest BCUT2D eigenvalue weighted by molar-refractivity contribution is 6.24. The Bertz CT molecular complexity index is 1060. The molecule has 0 bridgehead atoms. The van der Waals surface area contributed by atoms with Crippen LogP contribution in [0.15, 0.2) is 59.3 Å². The van der Waals surface area contributed by atoms with Crippen molar-refractivity contribution in [1.29, 1.82) is 0 Å². The third kappa shape index (κ3) is 4.06. The summed E-state index contributed by atoms with van der Waals surface area (Å²) in [5, 5.41) is 0. The molecule has 0 N–H and O–H groups in total. The summed E-state index contributed by atoms with van der Waals surface area (Å²) >= 11 is 0. The molecule has 0 unspecified atom stereocenters. The van der Waals surface area contributed by atoms with Gasteiger partial charge in [-0.2, -0.15) is 0 Å². The van der Waals surface area contributed by atoms with E-state index in [1.165, 1.54) is 24.7 Å². The Morgan fingerprint density at radius 3 is 2.23 bits per heavy atom. The highest BCUT2D eigenvalue weighted by Gasteiger charge is 2.38. The van der Waals surface area contributed by atoms with E-state index >= 15 is 0 Å². The third-order valence-electron chi connectivity index (χ3n) is 5.34. The molecule has 0 fully saturated rings. The maximum absolute atomic E-state index is 13.5. The topological polar surface area (TPSA) is 65.1 Å². The van der Waals surface area contributed by atoms with Crippen molar-refractivity contribution in [3.05, 3.63) is 70.4 Å². The number of hydrogen-bond donors (Lipinski definition) is 0. The van der Waals surface area contributed by atoms with Gasteiger partial charge in [0.2, 0.25) is 0 Å². The zero-order valence-corrected chi connectivity index (χ0v) is 18.7. The number of benzene rings is 2. The lowest BCUT2D eigenvalue weighted by Crippen LogP contribution is -2.24. The summed E-state index contributed by atoms with van der Waals surface area (Å²) in [6, 6.07) is 13.1. The van der Waals surface area contributed by atoms with Gasteiger partial charge in [-0.3, -0.25) is 9.69 Å². The van der Waals surface area contributed by atoms with Crippen molar-refractivity contribution < 1.29 is 23.8 Å². The molecule has 1 amide bonds. The SMILES string of the molecule is COC(=O)C1=C(C)N(c2ccc(C(C)C)cc2)C(=O)/C1=C\c1cccc(OC)c1OC. The van der Waals surface area contributed by atoms with E-state index in [0.717, 1.165) is 0 Å². The van der Waals surface area contributed by atoms with Crippen LogP contribution in [0.3, 0.4) is 0 Å². The van der Waals surface area contributed by atoms with Crippen LogP contribution in [0.1, 0.15) is 37.8 Å². The van der Waals surface area contributed by atoms with E-state index in [1.807, 2.05) is 24.3 Å². The fourth-order valence-corrected chi connectivity index (χ4v) is 3.68. The number of nitrogens with zero attached hydrogens (tertiary/aromatic N) is 1. The first-order valence-electron chi connectivity index (χ1n) is 10.0. The van der Waals surface area contributed by atoms with Gasteiger partial charge in [-0.25, -0.2) is 4.79 Å². The highest BCUT2D eigenvalue weighted by Crippen LogP contribution is 2.38. The number of carbonyl (C=O) groups is 2. The van der Waals surface area contributed by atoms with Crippen LogP contribution in [0, 0.1) is 0 Å². The lowest BCUT2D eigenvalue weighted by atomic mass is 10.0. The second-order valence-corrected chi connectivity index (χ2v) is 7.48. The molecule has 6 heteroatoms. The van der Waals surface area contributed by atoms with Crippen molar-refractivity contribution in [3.63, 3.8) is 0 Å². The van der Waals surface area contributed by atoms with Crippen LogP contribution in [-0.4, -0.2) is 33.2 Å². The van der Waals surface area contributed by atoms with Gasteiger partial charge in [-0.1, -0.05) is 38.1 Å². The van der Waals surface area contributed by atoms with Crippen molar-refractivity contribution in [2.24, 2.45) is 0 Å². The molecule has 2 aromatic carbocycles. The quantitative estimate of drug-likeness (QED) is 0.499. The Balaban J connectivity index is 2.14. The third-order valence-corrected chi connectivity index (χ3v) is 5.34. The summed E-state index contributed by atoms with van der Waals surface area (Å²) in [6.07, 6.45) is 1.64. The van der Waals surface area contributed by atoms with E-state index < -0.39 is 5.97 Å². The Kier molecular flexibility index (Phi) is 6.49. The van der Waals surface area contributed by atoms with Crippen molar-refractivity contribution in [1.82, 2.24) is 0 Å². The second-order valence-electron chi connectivity index (χ2n) is 7.48. The predicted octanol–water partition coefficient (Wildman–Crippen LogP) is 4.70. The molecule has 31 heavy (non-hydrogen) atoms. The summed E-state index contributed by atoms with van der Waals surface area (Å²) in [6.45, 7) is 5.96. The molecular weight excluding hydrogens is 394 g/mol. The molecule has 1 aliphatic rings. The first-order chi connectivity index (χ1) is 14.8. The smallest absolute Gasteiger partial charge is 0.340 e. The average Bonchev–Trinajstić information content (AvgIpc) is 3.02. The van der Waals surface area contributed by atoms with Crippen LogP contribution < -0.4 is 14.4 Å². The lowest BCUT2D eigenvalue weighted by molar-refractivity contribution is -0.136. The largest absolute Gasteiger partial charge is 0.493 e. The van der Waals surface area contributed by atoms with E-state index in [1.54, 1.807) is 38.3 Å². The molecule has 0 aliphatic carbocycles. The van der Waals surface area contributed by atoms with Crippen molar-refractivity contribution in [3.8, 4) is 11.5 Å². The van der Waals surface area contributed by atoms with Gasteiger partial charge in [0.1, 0.15) is 0 Å². The number of anilines is 1. The van der Waals surface area contributed by atoms with E-state index in [-0.39, 0.29) is 17.1 Å². The van der Waals surface area contributed by atoms with Gasteiger partial charge >= 0.3 is 5.97 Å². The molecule has 162 valence electrons. The number of esters is 1. The monoisotopic (exact) mass is 421 g/mol. The molecule has 0 radical (unpaired) electrons. The number of carbonyl (C=O) groups excluding carboxylic acids is 2. The molecule has 0 spiro atoms. The van der Waals surface area contributed by atoms with Gasteiger partial charge in [0.15, 0.2) is 11.5 Å². The van der Waals surface area contributed by atoms with Crippen LogP contribution in [0.4, 0.5) is 5.69 Å². The number of rotatable bonds is 6. The summed E-state index contributed by atoms with van der Waals surface area (Å²) in [5.41, 5.74) is 3.46. The number of amides is 1. The molecule has 0 aromatic heterocycles. The number of methoxy groups -OCH3 is 3. The molecule has 1 heterocycles. The summed E-state index contributed by atoms with van der Waals surface area (Å²) < 4.78 is 15.8. The maximum atomic E-state index is 13.5. The maximum Gasteiger partial charge on any atom is 0.340 e. The number of ether oxygens (including phenoxy) is 3. The van der Waals surface area contributed by atoms with Gasteiger partial charge in [0, 0.05) is 16.9 Å². The van der Waals surface area contributed by atoms with Crippen LogP contribution >= 0.6 is 0 Å². The van der Waals surface area contributed by atoms with Crippen molar-refractivity contribution in [2.45, 2.75) is 26.7 Å². The minimum Gasteiger partial charge on any atom is -0.493 e. The van der Waals surface area contributed by atoms with Crippen LogP contribution in [0.2, 0.25) is 0 Å². The summed E-state index contributed by atoms with van der Waals surface area (Å²) in [5.74, 6) is 0.512. The Hall–Kier alpha value is -3.54. The zero-order valence-electron chi connectivity index (χ0n) is 18.7. The first kappa shape index (κ1) is 22.2. The van der Waals surface area contributed by atoms with Gasteiger partial charge in [0.25, 0.3) is 5.91 Å². The average molecular weight is 421 g/mol. The van der Waals surface area contributed by atoms with Gasteiger partial charge < -0.3 is 14.2 Å². The first-order valence-corrected chi connectivity index (χ1v) is 10.0. The predicted molar refractivity (Wildman–Crippen MR) is 120 cm³/mol. The van der Waals surface area contributed by atoms with E-state index in [0.29, 0.717) is 34.4 Å². The normalized spacial score (nSPS) is 15.1. The van der Waals surface area contributed by atoms with Gasteiger partial charge in [-0.05, 0) is 42.7 Å². The molecule has 1 aliphatic heterocycles. The second kappa shape index (κ2) is 9.08. The minimum atomic E-state index is -0.569. The Labute approximate surface area is 182 Å². The molecule has 0 saturated heterocycles. The van der Waals surface area contributed by atoms with Crippen LogP contribution in [0.25, 0.3) is 6.08 Å². The molecule has 2 aromatic rings. The van der Waals surface area contributed by atoms with E-state index in [9.17, 15) is 9.59 Å². The molecule has 0 saturated carbocycles.